The molecule has 17 heavy (non-hydrogen) atoms. The fourth-order valence-corrected chi connectivity index (χ4v) is 2.54. The lowest BCUT2D eigenvalue weighted by Gasteiger charge is -2.14. The Hall–Kier alpha value is -1.35. The molecule has 0 radical (unpaired) electrons. The van der Waals surface area contributed by atoms with E-state index in [2.05, 4.69) is 31.1 Å². The smallest absolute Gasteiger partial charge is 0.123 e. The van der Waals surface area contributed by atoms with Crippen LogP contribution in [0, 0.1) is 0 Å². The molecule has 0 aliphatic rings. The van der Waals surface area contributed by atoms with Crippen molar-refractivity contribution in [3.8, 4) is 16.3 Å². The number of rotatable bonds is 2. The van der Waals surface area contributed by atoms with Gasteiger partial charge < -0.3 is 4.74 Å². The van der Waals surface area contributed by atoms with Crippen molar-refractivity contribution < 1.29 is 4.74 Å². The molecule has 0 N–H and O–H groups in total. The summed E-state index contributed by atoms with van der Waals surface area (Å²) in [5.74, 6) is 0.876. The number of nitrogens with zero attached hydrogens (tertiary/aromatic N) is 1. The second-order valence-corrected chi connectivity index (χ2v) is 5.87. The van der Waals surface area contributed by atoms with Gasteiger partial charge in [-0.25, -0.2) is 4.98 Å². The first-order valence-corrected chi connectivity index (χ1v) is 6.49. The molecule has 90 valence electrons. The van der Waals surface area contributed by atoms with Gasteiger partial charge in [-0.2, -0.15) is 0 Å². The van der Waals surface area contributed by atoms with Crippen LogP contribution >= 0.6 is 11.3 Å². The standard InChI is InChI=1S/C14H17NOS/c1-14(2,3)12-9-17-13(15-12)10-5-7-11(16-4)8-6-10/h5-9H,1-4H3. The summed E-state index contributed by atoms with van der Waals surface area (Å²) in [7, 11) is 1.68. The van der Waals surface area contributed by atoms with Crippen LogP contribution in [0.5, 0.6) is 5.75 Å². The van der Waals surface area contributed by atoms with Gasteiger partial charge in [0.15, 0.2) is 0 Å². The molecule has 3 heteroatoms. The van der Waals surface area contributed by atoms with E-state index in [4.69, 9.17) is 4.74 Å². The zero-order valence-corrected chi connectivity index (χ0v) is 11.5. The van der Waals surface area contributed by atoms with Gasteiger partial charge in [0, 0.05) is 16.4 Å². The molecule has 0 saturated heterocycles. The second-order valence-electron chi connectivity index (χ2n) is 5.02. The lowest BCUT2D eigenvalue weighted by molar-refractivity contribution is 0.415. The van der Waals surface area contributed by atoms with Crippen LogP contribution < -0.4 is 4.74 Å². The molecule has 0 aliphatic carbocycles. The molecule has 0 aliphatic heterocycles. The van der Waals surface area contributed by atoms with Crippen molar-refractivity contribution in [1.82, 2.24) is 4.98 Å². The molecule has 0 fully saturated rings. The Morgan fingerprint density at radius 3 is 2.24 bits per heavy atom. The normalized spacial score (nSPS) is 11.5. The number of hydrogen-bond acceptors (Lipinski definition) is 3. The molecule has 0 atom stereocenters. The first-order valence-electron chi connectivity index (χ1n) is 5.61. The van der Waals surface area contributed by atoms with E-state index in [1.807, 2.05) is 24.3 Å². The minimum absolute atomic E-state index is 0.112. The van der Waals surface area contributed by atoms with Gasteiger partial charge in [0.25, 0.3) is 0 Å². The van der Waals surface area contributed by atoms with Crippen molar-refractivity contribution in [3.63, 3.8) is 0 Å². The van der Waals surface area contributed by atoms with E-state index in [-0.39, 0.29) is 5.41 Å². The third kappa shape index (κ3) is 2.67. The van der Waals surface area contributed by atoms with Crippen LogP contribution in [-0.4, -0.2) is 12.1 Å². The Kier molecular flexibility index (Phi) is 3.20. The Labute approximate surface area is 106 Å². The molecule has 1 aromatic carbocycles. The first-order chi connectivity index (χ1) is 8.00. The summed E-state index contributed by atoms with van der Waals surface area (Å²) in [4.78, 5) is 4.68. The van der Waals surface area contributed by atoms with Gasteiger partial charge in [-0.15, -0.1) is 11.3 Å². The van der Waals surface area contributed by atoms with Crippen LogP contribution in [0.2, 0.25) is 0 Å². The van der Waals surface area contributed by atoms with Crippen LogP contribution in [0.25, 0.3) is 10.6 Å². The van der Waals surface area contributed by atoms with Crippen molar-refractivity contribution in [2.75, 3.05) is 7.11 Å². The number of methoxy groups -OCH3 is 1. The highest BCUT2D eigenvalue weighted by Crippen LogP contribution is 2.30. The van der Waals surface area contributed by atoms with Crippen LogP contribution in [0.4, 0.5) is 0 Å². The van der Waals surface area contributed by atoms with Crippen LogP contribution in [0.1, 0.15) is 26.5 Å². The lowest BCUT2D eigenvalue weighted by Crippen LogP contribution is -2.11. The minimum atomic E-state index is 0.112. The Balaban J connectivity index is 2.30. The van der Waals surface area contributed by atoms with Gasteiger partial charge in [-0.1, -0.05) is 20.8 Å². The summed E-state index contributed by atoms with van der Waals surface area (Å²) in [6.45, 7) is 6.54. The maximum absolute atomic E-state index is 5.15. The van der Waals surface area contributed by atoms with Gasteiger partial charge >= 0.3 is 0 Å². The third-order valence-electron chi connectivity index (χ3n) is 2.61. The summed E-state index contributed by atoms with van der Waals surface area (Å²) in [6, 6.07) is 8.02. The topological polar surface area (TPSA) is 22.1 Å². The fourth-order valence-electron chi connectivity index (χ4n) is 1.48. The zero-order chi connectivity index (χ0) is 12.5. The quantitative estimate of drug-likeness (QED) is 0.796. The second kappa shape index (κ2) is 4.49. The summed E-state index contributed by atoms with van der Waals surface area (Å²) in [5, 5.41) is 3.21. The van der Waals surface area contributed by atoms with E-state index in [0.717, 1.165) is 22.0 Å². The molecule has 0 spiro atoms. The van der Waals surface area contributed by atoms with Gasteiger partial charge in [-0.3, -0.25) is 0 Å². The summed E-state index contributed by atoms with van der Waals surface area (Å²) in [6.07, 6.45) is 0. The van der Waals surface area contributed by atoms with Crippen molar-refractivity contribution in [2.24, 2.45) is 0 Å². The van der Waals surface area contributed by atoms with Gasteiger partial charge in [-0.05, 0) is 24.3 Å². The van der Waals surface area contributed by atoms with Crippen LogP contribution in [0.15, 0.2) is 29.6 Å². The van der Waals surface area contributed by atoms with E-state index < -0.39 is 0 Å². The number of thiazole rings is 1. The molecular formula is C14H17NOS. The predicted molar refractivity (Wildman–Crippen MR) is 72.8 cm³/mol. The maximum atomic E-state index is 5.15. The minimum Gasteiger partial charge on any atom is -0.497 e. The van der Waals surface area contributed by atoms with Crippen LogP contribution in [-0.2, 0) is 5.41 Å². The van der Waals surface area contributed by atoms with Crippen molar-refractivity contribution in [1.29, 1.82) is 0 Å². The molecule has 1 heterocycles. The Bertz CT molecular complexity index is 494. The molecule has 2 aromatic rings. The van der Waals surface area contributed by atoms with Crippen molar-refractivity contribution in [2.45, 2.75) is 26.2 Å². The number of ether oxygens (including phenoxy) is 1. The van der Waals surface area contributed by atoms with E-state index in [1.165, 1.54) is 0 Å². The van der Waals surface area contributed by atoms with E-state index in [9.17, 15) is 0 Å². The number of aromatic nitrogens is 1. The maximum Gasteiger partial charge on any atom is 0.123 e. The van der Waals surface area contributed by atoms with E-state index in [0.29, 0.717) is 0 Å². The molecule has 2 nitrogen and oxygen atoms in total. The summed E-state index contributed by atoms with van der Waals surface area (Å²) >= 11 is 1.69. The average molecular weight is 247 g/mol. The highest BCUT2D eigenvalue weighted by molar-refractivity contribution is 7.13. The van der Waals surface area contributed by atoms with Gasteiger partial charge in [0.05, 0.1) is 12.8 Å². The SMILES string of the molecule is COc1ccc(-c2nc(C(C)(C)C)cs2)cc1. The van der Waals surface area contributed by atoms with Crippen LogP contribution in [0.3, 0.4) is 0 Å². The molecular weight excluding hydrogens is 230 g/mol. The van der Waals surface area contributed by atoms with E-state index >= 15 is 0 Å². The molecule has 0 amide bonds. The lowest BCUT2D eigenvalue weighted by atomic mass is 9.93. The fraction of sp³-hybridized carbons (Fsp3) is 0.357. The van der Waals surface area contributed by atoms with Crippen molar-refractivity contribution >= 4 is 11.3 Å². The zero-order valence-electron chi connectivity index (χ0n) is 10.7. The first kappa shape index (κ1) is 12.1. The molecule has 0 unspecified atom stereocenters. The number of hydrogen-bond donors (Lipinski definition) is 0. The monoisotopic (exact) mass is 247 g/mol. The van der Waals surface area contributed by atoms with Crippen molar-refractivity contribution in [3.05, 3.63) is 35.3 Å². The number of benzene rings is 1. The van der Waals surface area contributed by atoms with Gasteiger partial charge in [0.2, 0.25) is 0 Å². The highest BCUT2D eigenvalue weighted by Gasteiger charge is 2.17. The Morgan fingerprint density at radius 1 is 1.12 bits per heavy atom. The van der Waals surface area contributed by atoms with Gasteiger partial charge in [0.1, 0.15) is 10.8 Å². The predicted octanol–water partition coefficient (Wildman–Crippen LogP) is 4.12. The molecule has 2 rings (SSSR count). The van der Waals surface area contributed by atoms with E-state index in [1.54, 1.807) is 18.4 Å². The molecule has 1 aromatic heterocycles. The Morgan fingerprint density at radius 2 is 1.76 bits per heavy atom. The third-order valence-corrected chi connectivity index (χ3v) is 3.50. The molecule has 0 saturated carbocycles. The largest absolute Gasteiger partial charge is 0.497 e. The molecule has 0 bridgehead atoms. The summed E-state index contributed by atoms with van der Waals surface area (Å²) < 4.78 is 5.15. The summed E-state index contributed by atoms with van der Waals surface area (Å²) in [5.41, 5.74) is 2.40. The average Bonchev–Trinajstić information content (AvgIpc) is 2.78. The highest BCUT2D eigenvalue weighted by atomic mass is 32.1.